The minimum Gasteiger partial charge on any atom is -0.335 e. The number of hydrogen-bond acceptors (Lipinski definition) is 5. The molecule has 1 fully saturated rings. The third-order valence-corrected chi connectivity index (χ3v) is 5.14. The van der Waals surface area contributed by atoms with Gasteiger partial charge in [0.15, 0.2) is 0 Å². The van der Waals surface area contributed by atoms with Crippen molar-refractivity contribution in [1.82, 2.24) is 19.8 Å². The van der Waals surface area contributed by atoms with Crippen LogP contribution in [0.5, 0.6) is 0 Å². The minimum absolute atomic E-state index is 0.00638. The summed E-state index contributed by atoms with van der Waals surface area (Å²) in [5.41, 5.74) is 2.99. The van der Waals surface area contributed by atoms with Gasteiger partial charge in [0.05, 0.1) is 0 Å². The van der Waals surface area contributed by atoms with Crippen LogP contribution in [0, 0.1) is 0 Å². The van der Waals surface area contributed by atoms with Crippen LogP contribution in [0.1, 0.15) is 23.0 Å². The van der Waals surface area contributed by atoms with E-state index in [1.54, 1.807) is 0 Å². The molecule has 6 heteroatoms. The zero-order valence-corrected chi connectivity index (χ0v) is 14.6. The van der Waals surface area contributed by atoms with Crippen molar-refractivity contribution in [1.29, 1.82) is 0 Å². The topological polar surface area (TPSA) is 52.6 Å². The number of carbonyl (C=O) groups is 1. The molecule has 25 heavy (non-hydrogen) atoms. The first-order chi connectivity index (χ1) is 12.3. The molecule has 0 aliphatic carbocycles. The summed E-state index contributed by atoms with van der Waals surface area (Å²) in [6.07, 6.45) is 2.51. The molecule has 3 heterocycles. The van der Waals surface area contributed by atoms with Crippen LogP contribution in [0.2, 0.25) is 0 Å². The van der Waals surface area contributed by atoms with Gasteiger partial charge in [-0.3, -0.25) is 4.79 Å². The van der Waals surface area contributed by atoms with Crippen molar-refractivity contribution in [3.8, 4) is 0 Å². The molecule has 1 aromatic heterocycles. The lowest BCUT2D eigenvalue weighted by atomic mass is 10.2. The molecule has 0 saturated carbocycles. The van der Waals surface area contributed by atoms with Gasteiger partial charge in [0.1, 0.15) is 17.8 Å². The SMILES string of the molecule is CCN1CCN(C(=O)c2cc(N3CCc4ccccc43)ncn2)CC1. The lowest BCUT2D eigenvalue weighted by Crippen LogP contribution is -2.48. The fraction of sp³-hybridized carbons (Fsp3) is 0.421. The normalized spacial score (nSPS) is 17.6. The molecular weight excluding hydrogens is 314 g/mol. The smallest absolute Gasteiger partial charge is 0.272 e. The molecule has 1 saturated heterocycles. The largest absolute Gasteiger partial charge is 0.335 e. The summed E-state index contributed by atoms with van der Waals surface area (Å²) in [6, 6.07) is 10.2. The van der Waals surface area contributed by atoms with Crippen LogP contribution in [0.3, 0.4) is 0 Å². The highest BCUT2D eigenvalue weighted by Gasteiger charge is 2.25. The summed E-state index contributed by atoms with van der Waals surface area (Å²) in [7, 11) is 0. The molecule has 2 aliphatic rings. The van der Waals surface area contributed by atoms with E-state index in [-0.39, 0.29) is 5.91 Å². The highest BCUT2D eigenvalue weighted by molar-refractivity contribution is 5.93. The molecule has 1 amide bonds. The van der Waals surface area contributed by atoms with Gasteiger partial charge >= 0.3 is 0 Å². The summed E-state index contributed by atoms with van der Waals surface area (Å²) >= 11 is 0. The second-order valence-electron chi connectivity index (χ2n) is 6.52. The number of aromatic nitrogens is 2. The van der Waals surface area contributed by atoms with Crippen molar-refractivity contribution in [3.05, 3.63) is 47.9 Å². The highest BCUT2D eigenvalue weighted by Crippen LogP contribution is 2.33. The van der Waals surface area contributed by atoms with E-state index in [0.29, 0.717) is 5.69 Å². The van der Waals surface area contributed by atoms with Crippen molar-refractivity contribution in [2.75, 3.05) is 44.2 Å². The molecule has 0 atom stereocenters. The predicted molar refractivity (Wildman–Crippen MR) is 97.2 cm³/mol. The first kappa shape index (κ1) is 16.0. The molecule has 0 N–H and O–H groups in total. The Kier molecular flexibility index (Phi) is 4.36. The van der Waals surface area contributed by atoms with E-state index in [2.05, 4.69) is 44.9 Å². The average molecular weight is 337 g/mol. The summed E-state index contributed by atoms with van der Waals surface area (Å²) < 4.78 is 0. The van der Waals surface area contributed by atoms with Crippen LogP contribution in [-0.4, -0.2) is 64.9 Å². The van der Waals surface area contributed by atoms with Gasteiger partial charge in [-0.25, -0.2) is 9.97 Å². The van der Waals surface area contributed by atoms with Gasteiger partial charge in [-0.2, -0.15) is 0 Å². The van der Waals surface area contributed by atoms with E-state index >= 15 is 0 Å². The summed E-state index contributed by atoms with van der Waals surface area (Å²) in [5.74, 6) is 0.808. The molecule has 0 unspecified atom stereocenters. The van der Waals surface area contributed by atoms with E-state index in [1.165, 1.54) is 17.6 Å². The van der Waals surface area contributed by atoms with E-state index in [4.69, 9.17) is 0 Å². The number of likely N-dealkylation sites (N-methyl/N-ethyl adjacent to an activating group) is 1. The highest BCUT2D eigenvalue weighted by atomic mass is 16.2. The van der Waals surface area contributed by atoms with Crippen molar-refractivity contribution in [2.24, 2.45) is 0 Å². The Morgan fingerprint density at radius 1 is 1.08 bits per heavy atom. The van der Waals surface area contributed by atoms with E-state index in [1.807, 2.05) is 17.0 Å². The number of amides is 1. The standard InChI is InChI=1S/C19H23N5O/c1-2-22-9-11-23(12-10-22)19(25)16-13-18(21-14-20-16)24-8-7-15-5-3-4-6-17(15)24/h3-6,13-14H,2,7-12H2,1H3. The number of para-hydroxylation sites is 1. The van der Waals surface area contributed by atoms with Crippen LogP contribution in [0.4, 0.5) is 11.5 Å². The van der Waals surface area contributed by atoms with Crippen molar-refractivity contribution >= 4 is 17.4 Å². The van der Waals surface area contributed by atoms with Gasteiger partial charge in [0.2, 0.25) is 0 Å². The first-order valence-electron chi connectivity index (χ1n) is 8.95. The molecular formula is C19H23N5O. The zero-order chi connectivity index (χ0) is 17.2. The Labute approximate surface area is 148 Å². The maximum Gasteiger partial charge on any atom is 0.272 e. The van der Waals surface area contributed by atoms with Crippen molar-refractivity contribution in [3.63, 3.8) is 0 Å². The third kappa shape index (κ3) is 3.09. The Hall–Kier alpha value is -2.47. The summed E-state index contributed by atoms with van der Waals surface area (Å²) in [6.45, 7) is 7.46. The van der Waals surface area contributed by atoms with Crippen LogP contribution in [-0.2, 0) is 6.42 Å². The van der Waals surface area contributed by atoms with Crippen LogP contribution < -0.4 is 4.90 Å². The van der Waals surface area contributed by atoms with E-state index in [0.717, 1.165) is 51.5 Å². The average Bonchev–Trinajstić information content (AvgIpc) is 3.12. The third-order valence-electron chi connectivity index (χ3n) is 5.14. The molecule has 2 aliphatic heterocycles. The van der Waals surface area contributed by atoms with Gasteiger partial charge < -0.3 is 14.7 Å². The van der Waals surface area contributed by atoms with Gasteiger partial charge in [0, 0.05) is 44.5 Å². The number of rotatable bonds is 3. The number of anilines is 2. The first-order valence-corrected chi connectivity index (χ1v) is 8.95. The van der Waals surface area contributed by atoms with Gasteiger partial charge in [-0.1, -0.05) is 25.1 Å². The summed E-state index contributed by atoms with van der Waals surface area (Å²) in [4.78, 5) is 27.9. The van der Waals surface area contributed by atoms with Gasteiger partial charge in [-0.15, -0.1) is 0 Å². The quantitative estimate of drug-likeness (QED) is 0.857. The second kappa shape index (κ2) is 6.80. The number of benzene rings is 1. The lowest BCUT2D eigenvalue weighted by Gasteiger charge is -2.33. The number of nitrogens with zero attached hydrogens (tertiary/aromatic N) is 5. The zero-order valence-electron chi connectivity index (χ0n) is 14.6. The molecule has 130 valence electrons. The molecule has 0 radical (unpaired) electrons. The van der Waals surface area contributed by atoms with Crippen LogP contribution in [0.25, 0.3) is 0 Å². The molecule has 4 rings (SSSR count). The monoisotopic (exact) mass is 337 g/mol. The minimum atomic E-state index is 0.00638. The molecule has 0 spiro atoms. The van der Waals surface area contributed by atoms with E-state index in [9.17, 15) is 4.79 Å². The maximum atomic E-state index is 12.8. The summed E-state index contributed by atoms with van der Waals surface area (Å²) in [5, 5.41) is 0. The fourth-order valence-electron chi connectivity index (χ4n) is 3.62. The second-order valence-corrected chi connectivity index (χ2v) is 6.52. The van der Waals surface area contributed by atoms with E-state index < -0.39 is 0 Å². The van der Waals surface area contributed by atoms with Gasteiger partial charge in [-0.05, 0) is 24.6 Å². The Bertz CT molecular complexity index is 770. The molecule has 0 bridgehead atoms. The molecule has 1 aromatic carbocycles. The van der Waals surface area contributed by atoms with Crippen LogP contribution in [0.15, 0.2) is 36.7 Å². The fourth-order valence-corrected chi connectivity index (χ4v) is 3.62. The maximum absolute atomic E-state index is 12.8. The Morgan fingerprint density at radius 3 is 2.68 bits per heavy atom. The number of fused-ring (bicyclic) bond motifs is 1. The number of piperazine rings is 1. The Balaban J connectivity index is 1.53. The van der Waals surface area contributed by atoms with Gasteiger partial charge in [0.25, 0.3) is 5.91 Å². The Morgan fingerprint density at radius 2 is 1.88 bits per heavy atom. The van der Waals surface area contributed by atoms with Crippen LogP contribution >= 0.6 is 0 Å². The van der Waals surface area contributed by atoms with Crippen molar-refractivity contribution < 1.29 is 4.79 Å². The lowest BCUT2D eigenvalue weighted by molar-refractivity contribution is 0.0637. The molecule has 6 nitrogen and oxygen atoms in total. The van der Waals surface area contributed by atoms with Crippen molar-refractivity contribution in [2.45, 2.75) is 13.3 Å². The number of carbonyl (C=O) groups excluding carboxylic acids is 1. The number of hydrogen-bond donors (Lipinski definition) is 0. The predicted octanol–water partition coefficient (Wildman–Crippen LogP) is 1.95. The molecule has 2 aromatic rings.